The summed E-state index contributed by atoms with van der Waals surface area (Å²) >= 11 is 10.9. The van der Waals surface area contributed by atoms with Gasteiger partial charge in [-0.05, 0) is 58.2 Å². The minimum atomic E-state index is -0.614. The van der Waals surface area contributed by atoms with Crippen molar-refractivity contribution in [1.82, 2.24) is 0 Å². The van der Waals surface area contributed by atoms with E-state index >= 15 is 0 Å². The van der Waals surface area contributed by atoms with Crippen LogP contribution in [0.1, 0.15) is 20.7 Å². The Labute approximate surface area is 113 Å². The van der Waals surface area contributed by atoms with Crippen LogP contribution in [0.3, 0.4) is 0 Å². The molecule has 0 aliphatic rings. The van der Waals surface area contributed by atoms with E-state index in [0.29, 0.717) is 16.7 Å². The molecule has 0 atom stereocenters. The van der Waals surface area contributed by atoms with E-state index < -0.39 is 10.5 Å². The number of methoxy groups -OCH3 is 1. The zero-order chi connectivity index (χ0) is 13.3. The molecule has 0 spiro atoms. The van der Waals surface area contributed by atoms with Gasteiger partial charge in [-0.15, -0.1) is 0 Å². The van der Waals surface area contributed by atoms with Crippen molar-refractivity contribution >= 4 is 44.5 Å². The van der Waals surface area contributed by atoms with Gasteiger partial charge in [0, 0.05) is 5.56 Å². The Morgan fingerprint density at radius 3 is 2.28 bits per heavy atom. The van der Waals surface area contributed by atoms with Gasteiger partial charge < -0.3 is 4.74 Å². The molecule has 0 aliphatic heterocycles. The Morgan fingerprint density at radius 1 is 1.00 bits per heavy atom. The van der Waals surface area contributed by atoms with E-state index in [-0.39, 0.29) is 5.56 Å². The summed E-state index contributed by atoms with van der Waals surface area (Å²) in [5.74, 6) is 0.396. The van der Waals surface area contributed by atoms with Gasteiger partial charge in [0.1, 0.15) is 5.75 Å². The average molecular weight is 283 g/mol. The quantitative estimate of drug-likeness (QED) is 0.808. The number of hydrogen-bond acceptors (Lipinski definition) is 3. The molecular formula is C13H8Cl2O3. The van der Waals surface area contributed by atoms with Gasteiger partial charge in [0.2, 0.25) is 0 Å². The van der Waals surface area contributed by atoms with Crippen molar-refractivity contribution in [3.63, 3.8) is 0 Å². The molecular weight excluding hydrogens is 275 g/mol. The SMILES string of the molecule is COc1cc2ccc(C(=O)Cl)cc2cc1C(=O)Cl. The monoisotopic (exact) mass is 282 g/mol. The summed E-state index contributed by atoms with van der Waals surface area (Å²) in [6.07, 6.45) is 0. The van der Waals surface area contributed by atoms with Crippen LogP contribution in [0.4, 0.5) is 0 Å². The number of carbonyl (C=O) groups is 2. The Kier molecular flexibility index (Phi) is 3.55. The van der Waals surface area contributed by atoms with Gasteiger partial charge >= 0.3 is 0 Å². The average Bonchev–Trinajstić information content (AvgIpc) is 2.36. The number of hydrogen-bond donors (Lipinski definition) is 0. The highest BCUT2D eigenvalue weighted by Gasteiger charge is 2.12. The zero-order valence-corrected chi connectivity index (χ0v) is 10.9. The predicted octanol–water partition coefficient (Wildman–Crippen LogP) is 3.61. The Morgan fingerprint density at radius 2 is 1.72 bits per heavy atom. The van der Waals surface area contributed by atoms with Crippen LogP contribution in [0.2, 0.25) is 0 Å². The summed E-state index contributed by atoms with van der Waals surface area (Å²) in [6.45, 7) is 0. The molecule has 2 rings (SSSR count). The molecule has 0 heterocycles. The second-order valence-corrected chi connectivity index (χ2v) is 4.35. The van der Waals surface area contributed by atoms with Crippen LogP contribution < -0.4 is 4.74 Å². The minimum absolute atomic E-state index is 0.255. The first kappa shape index (κ1) is 12.9. The first-order chi connectivity index (χ1) is 8.52. The van der Waals surface area contributed by atoms with Crippen LogP contribution in [0.5, 0.6) is 5.75 Å². The fourth-order valence-electron chi connectivity index (χ4n) is 1.72. The van der Waals surface area contributed by atoms with Crippen LogP contribution in [-0.4, -0.2) is 17.6 Å². The molecule has 2 aromatic carbocycles. The molecule has 2 aromatic rings. The lowest BCUT2D eigenvalue weighted by atomic mass is 10.0. The van der Waals surface area contributed by atoms with Crippen molar-refractivity contribution in [3.05, 3.63) is 41.5 Å². The molecule has 0 N–H and O–H groups in total. The number of benzene rings is 2. The van der Waals surface area contributed by atoms with E-state index in [1.807, 2.05) is 0 Å². The Bertz CT molecular complexity index is 650. The summed E-state index contributed by atoms with van der Waals surface area (Å²) in [4.78, 5) is 22.4. The van der Waals surface area contributed by atoms with Gasteiger partial charge in [-0.25, -0.2) is 0 Å². The van der Waals surface area contributed by atoms with E-state index in [0.717, 1.165) is 5.39 Å². The molecule has 3 nitrogen and oxygen atoms in total. The van der Waals surface area contributed by atoms with Crippen LogP contribution in [0.25, 0.3) is 10.8 Å². The lowest BCUT2D eigenvalue weighted by Gasteiger charge is -2.07. The molecule has 0 aliphatic carbocycles. The van der Waals surface area contributed by atoms with Gasteiger partial charge in [0.15, 0.2) is 0 Å². The zero-order valence-electron chi connectivity index (χ0n) is 9.37. The van der Waals surface area contributed by atoms with Crippen molar-refractivity contribution in [1.29, 1.82) is 0 Å². The number of halogens is 2. The third-order valence-corrected chi connectivity index (χ3v) is 3.02. The number of ether oxygens (including phenoxy) is 1. The molecule has 5 heteroatoms. The molecule has 0 aromatic heterocycles. The topological polar surface area (TPSA) is 43.4 Å². The highest BCUT2D eigenvalue weighted by Crippen LogP contribution is 2.28. The van der Waals surface area contributed by atoms with Crippen molar-refractivity contribution in [2.75, 3.05) is 7.11 Å². The molecule has 18 heavy (non-hydrogen) atoms. The van der Waals surface area contributed by atoms with Crippen LogP contribution in [-0.2, 0) is 0 Å². The maximum absolute atomic E-state index is 11.3. The van der Waals surface area contributed by atoms with Crippen molar-refractivity contribution in [2.24, 2.45) is 0 Å². The minimum Gasteiger partial charge on any atom is -0.496 e. The third-order valence-electron chi connectivity index (χ3n) is 2.60. The first-order valence-corrected chi connectivity index (χ1v) is 5.80. The fourth-order valence-corrected chi connectivity index (χ4v) is 1.99. The first-order valence-electron chi connectivity index (χ1n) is 5.04. The summed E-state index contributed by atoms with van der Waals surface area (Å²) in [5, 5.41) is 0.365. The largest absolute Gasteiger partial charge is 0.496 e. The van der Waals surface area contributed by atoms with Crippen LogP contribution >= 0.6 is 23.2 Å². The second-order valence-electron chi connectivity index (χ2n) is 3.66. The molecule has 92 valence electrons. The number of carbonyl (C=O) groups excluding carboxylic acids is 2. The number of fused-ring (bicyclic) bond motifs is 1. The van der Waals surface area contributed by atoms with Crippen molar-refractivity contribution in [3.8, 4) is 5.75 Å². The molecule has 0 radical (unpaired) electrons. The molecule has 0 amide bonds. The van der Waals surface area contributed by atoms with E-state index in [1.165, 1.54) is 7.11 Å². The third kappa shape index (κ3) is 2.33. The standard InChI is InChI=1S/C13H8Cl2O3/c1-18-11-6-7-2-3-8(12(14)16)4-9(7)5-10(11)13(15)17/h2-6H,1H3. The maximum atomic E-state index is 11.3. The van der Waals surface area contributed by atoms with E-state index in [9.17, 15) is 9.59 Å². The van der Waals surface area contributed by atoms with E-state index in [4.69, 9.17) is 27.9 Å². The Balaban J connectivity index is 2.72. The van der Waals surface area contributed by atoms with Gasteiger partial charge in [-0.1, -0.05) is 6.07 Å². The lowest BCUT2D eigenvalue weighted by molar-refractivity contribution is 0.107. The predicted molar refractivity (Wildman–Crippen MR) is 70.9 cm³/mol. The molecule has 0 fully saturated rings. The van der Waals surface area contributed by atoms with E-state index in [2.05, 4.69) is 0 Å². The molecule has 0 saturated carbocycles. The maximum Gasteiger partial charge on any atom is 0.256 e. The van der Waals surface area contributed by atoms with Crippen LogP contribution in [0, 0.1) is 0 Å². The molecule has 0 unspecified atom stereocenters. The van der Waals surface area contributed by atoms with Crippen molar-refractivity contribution in [2.45, 2.75) is 0 Å². The highest BCUT2D eigenvalue weighted by molar-refractivity contribution is 6.68. The summed E-state index contributed by atoms with van der Waals surface area (Å²) in [7, 11) is 1.46. The van der Waals surface area contributed by atoms with Gasteiger partial charge in [0.05, 0.1) is 12.7 Å². The van der Waals surface area contributed by atoms with E-state index in [1.54, 1.807) is 30.3 Å². The van der Waals surface area contributed by atoms with Crippen LogP contribution in [0.15, 0.2) is 30.3 Å². The smallest absolute Gasteiger partial charge is 0.256 e. The molecule has 0 saturated heterocycles. The summed E-state index contributed by atoms with van der Waals surface area (Å²) < 4.78 is 5.09. The fraction of sp³-hybridized carbons (Fsp3) is 0.0769. The lowest BCUT2D eigenvalue weighted by Crippen LogP contribution is -1.96. The number of rotatable bonds is 3. The summed E-state index contributed by atoms with van der Waals surface area (Å²) in [5.41, 5.74) is 0.619. The van der Waals surface area contributed by atoms with Gasteiger partial charge in [0.25, 0.3) is 10.5 Å². The second kappa shape index (κ2) is 4.96. The van der Waals surface area contributed by atoms with Gasteiger partial charge in [-0.2, -0.15) is 0 Å². The normalized spacial score (nSPS) is 10.4. The molecule has 0 bridgehead atoms. The summed E-state index contributed by atoms with van der Waals surface area (Å²) in [6, 6.07) is 8.21. The Hall–Kier alpha value is -1.58. The van der Waals surface area contributed by atoms with Gasteiger partial charge in [-0.3, -0.25) is 9.59 Å². The highest BCUT2D eigenvalue weighted by atomic mass is 35.5. The van der Waals surface area contributed by atoms with Crippen molar-refractivity contribution < 1.29 is 14.3 Å².